The molecule has 0 unspecified atom stereocenters. The molecule has 0 amide bonds. The first-order valence-corrected chi connectivity index (χ1v) is 7.19. The van der Waals surface area contributed by atoms with Gasteiger partial charge in [0, 0.05) is 6.42 Å². The van der Waals surface area contributed by atoms with Gasteiger partial charge >= 0.3 is 10.1 Å². The van der Waals surface area contributed by atoms with Gasteiger partial charge in [0.05, 0.1) is 0 Å². The molecule has 3 nitrogen and oxygen atoms in total. The molecule has 0 saturated heterocycles. The van der Waals surface area contributed by atoms with E-state index in [1.807, 2.05) is 13.0 Å². The zero-order valence-corrected chi connectivity index (χ0v) is 10.7. The van der Waals surface area contributed by atoms with Gasteiger partial charge < -0.3 is 4.18 Å². The molecular weight excluding hydrogens is 236 g/mol. The quantitative estimate of drug-likeness (QED) is 0.776. The summed E-state index contributed by atoms with van der Waals surface area (Å²) in [5.74, 6) is 0.580. The molecule has 0 aromatic heterocycles. The Balaban J connectivity index is 2.18. The highest BCUT2D eigenvalue weighted by atomic mass is 32.2. The summed E-state index contributed by atoms with van der Waals surface area (Å²) in [6.45, 7) is 1.92. The average Bonchev–Trinajstić information content (AvgIpc) is 2.30. The van der Waals surface area contributed by atoms with E-state index in [9.17, 15) is 8.42 Å². The van der Waals surface area contributed by atoms with Crippen LogP contribution >= 0.6 is 0 Å². The van der Waals surface area contributed by atoms with E-state index in [0.29, 0.717) is 12.2 Å². The van der Waals surface area contributed by atoms with Gasteiger partial charge in [0.25, 0.3) is 0 Å². The van der Waals surface area contributed by atoms with Crippen LogP contribution in [0.15, 0.2) is 41.0 Å². The molecule has 0 aliphatic heterocycles. The molecule has 17 heavy (non-hydrogen) atoms. The highest BCUT2D eigenvalue weighted by Crippen LogP contribution is 2.23. The predicted molar refractivity (Wildman–Crippen MR) is 66.0 cm³/mol. The Kier molecular flexibility index (Phi) is 3.52. The second-order valence-corrected chi connectivity index (χ2v) is 5.81. The number of benzene rings is 1. The summed E-state index contributed by atoms with van der Waals surface area (Å²) in [7, 11) is -3.64. The fourth-order valence-electron chi connectivity index (χ4n) is 1.78. The molecule has 2 rings (SSSR count). The number of hydrogen-bond acceptors (Lipinski definition) is 3. The highest BCUT2D eigenvalue weighted by Gasteiger charge is 2.18. The fraction of sp³-hybridized carbons (Fsp3) is 0.385. The second-order valence-electron chi connectivity index (χ2n) is 4.27. The maximum absolute atomic E-state index is 11.9. The molecule has 0 atom stereocenters. The smallest absolute Gasteiger partial charge is 0.338 e. The van der Waals surface area contributed by atoms with Gasteiger partial charge in [-0.1, -0.05) is 17.7 Å². The molecule has 92 valence electrons. The van der Waals surface area contributed by atoms with E-state index in [2.05, 4.69) is 0 Å². The lowest BCUT2D eigenvalue weighted by Gasteiger charge is -2.13. The summed E-state index contributed by atoms with van der Waals surface area (Å²) >= 11 is 0. The monoisotopic (exact) mass is 252 g/mol. The minimum Gasteiger partial charge on any atom is -0.384 e. The molecule has 0 bridgehead atoms. The van der Waals surface area contributed by atoms with Crippen molar-refractivity contribution in [2.24, 2.45) is 0 Å². The summed E-state index contributed by atoms with van der Waals surface area (Å²) in [6.07, 6.45) is 5.59. The third kappa shape index (κ3) is 3.09. The first-order chi connectivity index (χ1) is 8.08. The molecule has 0 N–H and O–H groups in total. The summed E-state index contributed by atoms with van der Waals surface area (Å²) in [5, 5.41) is 0. The summed E-state index contributed by atoms with van der Waals surface area (Å²) in [6, 6.07) is 6.69. The van der Waals surface area contributed by atoms with Gasteiger partial charge in [-0.15, -0.1) is 0 Å². The van der Waals surface area contributed by atoms with Crippen LogP contribution in [0.25, 0.3) is 0 Å². The SMILES string of the molecule is Cc1ccc(S(=O)(=O)OC2=CCCCC2)cc1. The Hall–Kier alpha value is -1.29. The van der Waals surface area contributed by atoms with E-state index in [1.165, 1.54) is 0 Å². The first-order valence-electron chi connectivity index (χ1n) is 5.78. The number of allylic oxidation sites excluding steroid dienone is 2. The zero-order chi connectivity index (χ0) is 12.3. The van der Waals surface area contributed by atoms with Crippen molar-refractivity contribution < 1.29 is 12.6 Å². The van der Waals surface area contributed by atoms with Crippen LogP contribution in [0.4, 0.5) is 0 Å². The van der Waals surface area contributed by atoms with Crippen molar-refractivity contribution in [2.45, 2.75) is 37.5 Å². The average molecular weight is 252 g/mol. The van der Waals surface area contributed by atoms with Crippen LogP contribution in [0, 0.1) is 6.92 Å². The predicted octanol–water partition coefficient (Wildman–Crippen LogP) is 3.16. The fourth-order valence-corrected chi connectivity index (χ4v) is 2.78. The van der Waals surface area contributed by atoms with Crippen molar-refractivity contribution in [3.8, 4) is 0 Å². The minimum atomic E-state index is -3.64. The van der Waals surface area contributed by atoms with Crippen molar-refractivity contribution >= 4 is 10.1 Å². The maximum atomic E-state index is 11.9. The summed E-state index contributed by atoms with van der Waals surface area (Å²) in [5.41, 5.74) is 1.03. The van der Waals surface area contributed by atoms with Crippen molar-refractivity contribution in [1.29, 1.82) is 0 Å². The molecule has 0 heterocycles. The van der Waals surface area contributed by atoms with Gasteiger partial charge in [-0.2, -0.15) is 8.42 Å². The third-order valence-electron chi connectivity index (χ3n) is 2.78. The minimum absolute atomic E-state index is 0.217. The number of aryl methyl sites for hydroxylation is 1. The summed E-state index contributed by atoms with van der Waals surface area (Å²) < 4.78 is 29.0. The molecule has 1 aliphatic rings. The second kappa shape index (κ2) is 4.92. The Bertz CT molecular complexity index is 512. The third-order valence-corrected chi connectivity index (χ3v) is 4.06. The van der Waals surface area contributed by atoms with Gasteiger partial charge in [-0.3, -0.25) is 0 Å². The Morgan fingerprint density at radius 2 is 1.82 bits per heavy atom. The van der Waals surface area contributed by atoms with Gasteiger partial charge in [0.1, 0.15) is 10.7 Å². The van der Waals surface area contributed by atoms with Gasteiger partial charge in [0.2, 0.25) is 0 Å². The molecule has 1 aromatic rings. The molecule has 0 fully saturated rings. The summed E-state index contributed by atoms with van der Waals surface area (Å²) in [4.78, 5) is 0.217. The van der Waals surface area contributed by atoms with E-state index in [1.54, 1.807) is 24.3 Å². The highest BCUT2D eigenvalue weighted by molar-refractivity contribution is 7.86. The lowest BCUT2D eigenvalue weighted by atomic mass is 10.1. The molecule has 0 saturated carbocycles. The Morgan fingerprint density at radius 1 is 1.12 bits per heavy atom. The van der Waals surface area contributed by atoms with E-state index in [0.717, 1.165) is 24.8 Å². The topological polar surface area (TPSA) is 43.4 Å². The molecular formula is C13H16O3S. The number of rotatable bonds is 3. The van der Waals surface area contributed by atoms with Crippen molar-refractivity contribution in [1.82, 2.24) is 0 Å². The lowest BCUT2D eigenvalue weighted by molar-refractivity contribution is 0.375. The van der Waals surface area contributed by atoms with Crippen LogP contribution in [0.3, 0.4) is 0 Å². The normalized spacial score (nSPS) is 16.4. The number of hydrogen-bond donors (Lipinski definition) is 0. The molecule has 1 aliphatic carbocycles. The van der Waals surface area contributed by atoms with Crippen LogP contribution in [-0.2, 0) is 14.3 Å². The Labute approximate surface area is 102 Å². The van der Waals surface area contributed by atoms with Crippen molar-refractivity contribution in [3.63, 3.8) is 0 Å². The first kappa shape index (κ1) is 12.2. The molecule has 1 aromatic carbocycles. The van der Waals surface area contributed by atoms with E-state index < -0.39 is 10.1 Å². The lowest BCUT2D eigenvalue weighted by Crippen LogP contribution is -2.08. The van der Waals surface area contributed by atoms with Gasteiger partial charge in [-0.25, -0.2) is 0 Å². The van der Waals surface area contributed by atoms with Crippen molar-refractivity contribution in [2.75, 3.05) is 0 Å². The van der Waals surface area contributed by atoms with Crippen LogP contribution in [0.5, 0.6) is 0 Å². The van der Waals surface area contributed by atoms with Crippen LogP contribution in [0.1, 0.15) is 31.2 Å². The van der Waals surface area contributed by atoms with Crippen molar-refractivity contribution in [3.05, 3.63) is 41.7 Å². The van der Waals surface area contributed by atoms with Crippen LogP contribution in [-0.4, -0.2) is 8.42 Å². The molecule has 4 heteroatoms. The van der Waals surface area contributed by atoms with Crippen LogP contribution in [0.2, 0.25) is 0 Å². The standard InChI is InChI=1S/C13H16O3S/c1-11-7-9-13(10-8-11)17(14,15)16-12-5-3-2-4-6-12/h5,7-10H,2-4,6H2,1H3. The zero-order valence-electron chi connectivity index (χ0n) is 9.85. The molecule has 0 spiro atoms. The van der Waals surface area contributed by atoms with Crippen LogP contribution < -0.4 is 0 Å². The van der Waals surface area contributed by atoms with E-state index >= 15 is 0 Å². The maximum Gasteiger partial charge on any atom is 0.338 e. The largest absolute Gasteiger partial charge is 0.384 e. The van der Waals surface area contributed by atoms with E-state index in [4.69, 9.17) is 4.18 Å². The molecule has 0 radical (unpaired) electrons. The van der Waals surface area contributed by atoms with E-state index in [-0.39, 0.29) is 4.90 Å². The Morgan fingerprint density at radius 3 is 2.41 bits per heavy atom. The van der Waals surface area contributed by atoms with Gasteiger partial charge in [0.15, 0.2) is 0 Å². The van der Waals surface area contributed by atoms with Gasteiger partial charge in [-0.05, 0) is 44.4 Å².